The SMILES string of the molecule is C[C@H](NC(=O)Cc1ccc2c(c1)OCCCO2)c1nc2ccccc2[nH]1. The van der Waals surface area contributed by atoms with Crippen LogP contribution in [0.15, 0.2) is 42.5 Å². The van der Waals surface area contributed by atoms with Crippen molar-refractivity contribution in [2.45, 2.75) is 25.8 Å². The van der Waals surface area contributed by atoms with Gasteiger partial charge in [-0.1, -0.05) is 18.2 Å². The smallest absolute Gasteiger partial charge is 0.224 e. The van der Waals surface area contributed by atoms with E-state index in [4.69, 9.17) is 9.47 Å². The minimum Gasteiger partial charge on any atom is -0.490 e. The summed E-state index contributed by atoms with van der Waals surface area (Å²) in [4.78, 5) is 20.2. The van der Waals surface area contributed by atoms with Gasteiger partial charge in [-0.25, -0.2) is 4.98 Å². The van der Waals surface area contributed by atoms with Crippen LogP contribution in [0.3, 0.4) is 0 Å². The quantitative estimate of drug-likeness (QED) is 0.757. The Morgan fingerprint density at radius 3 is 2.85 bits per heavy atom. The minimum atomic E-state index is -0.199. The molecule has 1 aliphatic heterocycles. The second kappa shape index (κ2) is 7.07. The summed E-state index contributed by atoms with van der Waals surface area (Å²) in [7, 11) is 0. The Kier molecular flexibility index (Phi) is 4.48. The summed E-state index contributed by atoms with van der Waals surface area (Å²) in [5, 5.41) is 2.99. The highest BCUT2D eigenvalue weighted by molar-refractivity contribution is 5.79. The van der Waals surface area contributed by atoms with Gasteiger partial charge in [-0.2, -0.15) is 0 Å². The molecule has 0 unspecified atom stereocenters. The van der Waals surface area contributed by atoms with Gasteiger partial charge in [-0.05, 0) is 36.8 Å². The van der Waals surface area contributed by atoms with E-state index in [0.29, 0.717) is 19.0 Å². The number of nitrogens with zero attached hydrogens (tertiary/aromatic N) is 1. The van der Waals surface area contributed by atoms with E-state index in [9.17, 15) is 4.79 Å². The number of benzene rings is 2. The monoisotopic (exact) mass is 351 g/mol. The number of carbonyl (C=O) groups excluding carboxylic acids is 1. The lowest BCUT2D eigenvalue weighted by molar-refractivity contribution is -0.121. The third-order valence-corrected chi connectivity index (χ3v) is 4.37. The molecule has 3 aromatic rings. The van der Waals surface area contributed by atoms with Crippen molar-refractivity contribution in [2.24, 2.45) is 0 Å². The molecular formula is C20H21N3O3. The Morgan fingerprint density at radius 2 is 2.00 bits per heavy atom. The van der Waals surface area contributed by atoms with E-state index >= 15 is 0 Å². The molecule has 4 rings (SSSR count). The van der Waals surface area contributed by atoms with Gasteiger partial charge in [0.1, 0.15) is 5.82 Å². The van der Waals surface area contributed by atoms with Crippen LogP contribution in [-0.4, -0.2) is 29.1 Å². The number of hydrogen-bond acceptors (Lipinski definition) is 4. The zero-order valence-corrected chi connectivity index (χ0v) is 14.6. The van der Waals surface area contributed by atoms with E-state index in [2.05, 4.69) is 15.3 Å². The van der Waals surface area contributed by atoms with Crippen LogP contribution < -0.4 is 14.8 Å². The maximum atomic E-state index is 12.4. The topological polar surface area (TPSA) is 76.2 Å². The molecule has 0 radical (unpaired) electrons. The Bertz CT molecular complexity index is 902. The predicted molar refractivity (Wildman–Crippen MR) is 98.4 cm³/mol. The second-order valence-electron chi connectivity index (χ2n) is 6.44. The third kappa shape index (κ3) is 3.49. The third-order valence-electron chi connectivity index (χ3n) is 4.37. The maximum Gasteiger partial charge on any atom is 0.224 e. The average molecular weight is 351 g/mol. The summed E-state index contributed by atoms with van der Waals surface area (Å²) in [5.41, 5.74) is 2.75. The average Bonchev–Trinajstić information content (AvgIpc) is 2.94. The van der Waals surface area contributed by atoms with Gasteiger partial charge in [0.15, 0.2) is 11.5 Å². The number of amides is 1. The predicted octanol–water partition coefficient (Wildman–Crippen LogP) is 3.14. The number of fused-ring (bicyclic) bond motifs is 2. The van der Waals surface area contributed by atoms with Gasteiger partial charge in [0.05, 0.1) is 36.7 Å². The van der Waals surface area contributed by atoms with E-state index in [1.807, 2.05) is 49.4 Å². The number of rotatable bonds is 4. The van der Waals surface area contributed by atoms with Gasteiger partial charge in [0.25, 0.3) is 0 Å². The Morgan fingerprint density at radius 1 is 1.19 bits per heavy atom. The highest BCUT2D eigenvalue weighted by Gasteiger charge is 2.16. The van der Waals surface area contributed by atoms with E-state index in [-0.39, 0.29) is 18.4 Å². The standard InChI is InChI=1S/C20H21N3O3/c1-13(20-22-15-5-2-3-6-16(15)23-20)21-19(24)12-14-7-8-17-18(11-14)26-10-4-9-25-17/h2-3,5-8,11,13H,4,9-10,12H2,1H3,(H,21,24)(H,22,23)/t13-/m0/s1. The first-order chi connectivity index (χ1) is 12.7. The van der Waals surface area contributed by atoms with Crippen molar-refractivity contribution in [3.63, 3.8) is 0 Å². The van der Waals surface area contributed by atoms with E-state index in [0.717, 1.165) is 34.6 Å². The molecule has 0 saturated heterocycles. The summed E-state index contributed by atoms with van der Waals surface area (Å²) < 4.78 is 11.3. The van der Waals surface area contributed by atoms with Crippen LogP contribution in [-0.2, 0) is 11.2 Å². The number of aromatic amines is 1. The molecular weight excluding hydrogens is 330 g/mol. The summed E-state index contributed by atoms with van der Waals surface area (Å²) in [6.07, 6.45) is 1.14. The number of aromatic nitrogens is 2. The first-order valence-electron chi connectivity index (χ1n) is 8.81. The lowest BCUT2D eigenvalue weighted by Crippen LogP contribution is -2.28. The van der Waals surface area contributed by atoms with Crippen LogP contribution in [0, 0.1) is 0 Å². The molecule has 2 aromatic carbocycles. The Balaban J connectivity index is 1.42. The molecule has 0 fully saturated rings. The largest absolute Gasteiger partial charge is 0.490 e. The molecule has 0 saturated carbocycles. The zero-order valence-electron chi connectivity index (χ0n) is 14.6. The van der Waals surface area contributed by atoms with Gasteiger partial charge in [-0.3, -0.25) is 4.79 Å². The lowest BCUT2D eigenvalue weighted by Gasteiger charge is -2.13. The first-order valence-corrected chi connectivity index (χ1v) is 8.81. The first kappa shape index (κ1) is 16.4. The van der Waals surface area contributed by atoms with Crippen LogP contribution in [0.1, 0.15) is 30.8 Å². The fourth-order valence-corrected chi connectivity index (χ4v) is 3.04. The zero-order chi connectivity index (χ0) is 17.9. The molecule has 2 N–H and O–H groups in total. The molecule has 26 heavy (non-hydrogen) atoms. The van der Waals surface area contributed by atoms with Crippen molar-refractivity contribution in [1.82, 2.24) is 15.3 Å². The van der Waals surface area contributed by atoms with Crippen LogP contribution in [0.5, 0.6) is 11.5 Å². The molecule has 6 heteroatoms. The molecule has 0 spiro atoms. The molecule has 1 aliphatic rings. The van der Waals surface area contributed by atoms with E-state index < -0.39 is 0 Å². The highest BCUT2D eigenvalue weighted by Crippen LogP contribution is 2.30. The highest BCUT2D eigenvalue weighted by atomic mass is 16.5. The van der Waals surface area contributed by atoms with Gasteiger partial charge >= 0.3 is 0 Å². The van der Waals surface area contributed by atoms with Crippen LogP contribution in [0.25, 0.3) is 11.0 Å². The summed E-state index contributed by atoms with van der Waals surface area (Å²) in [5.74, 6) is 2.13. The molecule has 1 aromatic heterocycles. The number of para-hydroxylation sites is 2. The number of nitrogens with one attached hydrogen (secondary N) is 2. The van der Waals surface area contributed by atoms with Gasteiger partial charge in [0.2, 0.25) is 5.91 Å². The molecule has 6 nitrogen and oxygen atoms in total. The second-order valence-corrected chi connectivity index (χ2v) is 6.44. The van der Waals surface area contributed by atoms with E-state index in [1.54, 1.807) is 0 Å². The number of hydrogen-bond donors (Lipinski definition) is 2. The Hall–Kier alpha value is -3.02. The molecule has 0 bridgehead atoms. The van der Waals surface area contributed by atoms with Crippen LogP contribution in [0.2, 0.25) is 0 Å². The lowest BCUT2D eigenvalue weighted by atomic mass is 10.1. The van der Waals surface area contributed by atoms with Gasteiger partial charge < -0.3 is 19.8 Å². The fraction of sp³-hybridized carbons (Fsp3) is 0.300. The van der Waals surface area contributed by atoms with Crippen molar-refractivity contribution < 1.29 is 14.3 Å². The van der Waals surface area contributed by atoms with Gasteiger partial charge in [-0.15, -0.1) is 0 Å². The number of carbonyl (C=O) groups is 1. The van der Waals surface area contributed by atoms with Crippen molar-refractivity contribution in [3.05, 3.63) is 53.9 Å². The normalized spacial score (nSPS) is 14.7. The molecule has 2 heterocycles. The number of H-pyrrole nitrogens is 1. The van der Waals surface area contributed by atoms with Crippen molar-refractivity contribution in [3.8, 4) is 11.5 Å². The van der Waals surface area contributed by atoms with Crippen molar-refractivity contribution in [2.75, 3.05) is 13.2 Å². The Labute approximate surface area is 151 Å². The van der Waals surface area contributed by atoms with Crippen molar-refractivity contribution >= 4 is 16.9 Å². The fourth-order valence-electron chi connectivity index (χ4n) is 3.04. The molecule has 134 valence electrons. The molecule has 0 aliphatic carbocycles. The maximum absolute atomic E-state index is 12.4. The minimum absolute atomic E-state index is 0.0625. The summed E-state index contributed by atoms with van der Waals surface area (Å²) in [6.45, 7) is 3.21. The molecule has 1 atom stereocenters. The number of ether oxygens (including phenoxy) is 2. The number of imidazole rings is 1. The summed E-state index contributed by atoms with van der Waals surface area (Å²) >= 11 is 0. The van der Waals surface area contributed by atoms with Crippen molar-refractivity contribution in [1.29, 1.82) is 0 Å². The van der Waals surface area contributed by atoms with Crippen LogP contribution >= 0.6 is 0 Å². The molecule has 1 amide bonds. The van der Waals surface area contributed by atoms with E-state index in [1.165, 1.54) is 0 Å². The van der Waals surface area contributed by atoms with Crippen LogP contribution in [0.4, 0.5) is 0 Å². The van der Waals surface area contributed by atoms with Gasteiger partial charge in [0, 0.05) is 6.42 Å². The summed E-state index contributed by atoms with van der Waals surface area (Å²) in [6, 6.07) is 13.3.